The van der Waals surface area contributed by atoms with Crippen molar-refractivity contribution in [3.05, 3.63) is 34.6 Å². The second-order valence-electron chi connectivity index (χ2n) is 4.54. The fourth-order valence-corrected chi connectivity index (χ4v) is 2.85. The van der Waals surface area contributed by atoms with Crippen LogP contribution in [0.2, 0.25) is 5.02 Å². The molecule has 1 unspecified atom stereocenters. The van der Waals surface area contributed by atoms with E-state index in [0.717, 1.165) is 12.3 Å². The van der Waals surface area contributed by atoms with Crippen LogP contribution in [0.1, 0.15) is 26.3 Å². The Morgan fingerprint density at radius 1 is 1.39 bits per heavy atom. The lowest BCUT2D eigenvalue weighted by atomic mass is 10.1. The molecule has 102 valence electrons. The van der Waals surface area contributed by atoms with Crippen LogP contribution in [0.15, 0.2) is 18.2 Å². The molecule has 0 aromatic heterocycles. The predicted molar refractivity (Wildman–Crippen MR) is 80.2 cm³/mol. The third-order valence-electron chi connectivity index (χ3n) is 2.64. The van der Waals surface area contributed by atoms with Crippen molar-refractivity contribution < 1.29 is 4.39 Å². The highest BCUT2D eigenvalue weighted by Gasteiger charge is 2.14. The first-order valence-electron chi connectivity index (χ1n) is 6.32. The fourth-order valence-electron chi connectivity index (χ4n) is 1.76. The van der Waals surface area contributed by atoms with Crippen LogP contribution >= 0.6 is 23.4 Å². The molecule has 1 rings (SSSR count). The highest BCUT2D eigenvalue weighted by atomic mass is 35.5. The summed E-state index contributed by atoms with van der Waals surface area (Å²) < 4.78 is 13.7. The van der Waals surface area contributed by atoms with Gasteiger partial charge >= 0.3 is 0 Å². The smallest absolute Gasteiger partial charge is 0.127 e. The first-order valence-corrected chi connectivity index (χ1v) is 7.75. The Labute approximate surface area is 118 Å². The minimum absolute atomic E-state index is 0.208. The molecule has 0 bridgehead atoms. The molecular formula is C14H21ClFNS. The van der Waals surface area contributed by atoms with Gasteiger partial charge in [-0.05, 0) is 30.3 Å². The molecule has 0 radical (unpaired) electrons. The van der Waals surface area contributed by atoms with E-state index < -0.39 is 0 Å². The summed E-state index contributed by atoms with van der Waals surface area (Å²) in [5.41, 5.74) is 0.620. The number of thioether (sulfide) groups is 1. The number of hydrogen-bond acceptors (Lipinski definition) is 2. The summed E-state index contributed by atoms with van der Waals surface area (Å²) in [6, 6.07) is 5.13. The maximum absolute atomic E-state index is 13.7. The molecule has 1 nitrogen and oxygen atoms in total. The average molecular weight is 290 g/mol. The molecule has 0 aliphatic heterocycles. The molecule has 0 aliphatic carbocycles. The molecule has 0 aliphatic rings. The summed E-state index contributed by atoms with van der Waals surface area (Å²) in [5.74, 6) is 0.760. The zero-order valence-electron chi connectivity index (χ0n) is 11.2. The molecule has 0 amide bonds. The van der Waals surface area contributed by atoms with Gasteiger partial charge in [0.2, 0.25) is 0 Å². The summed E-state index contributed by atoms with van der Waals surface area (Å²) in [6.45, 7) is 7.29. The Morgan fingerprint density at radius 3 is 2.67 bits per heavy atom. The number of hydrogen-bond donors (Lipinski definition) is 1. The molecule has 1 atom stereocenters. The van der Waals surface area contributed by atoms with E-state index in [9.17, 15) is 4.39 Å². The highest BCUT2D eigenvalue weighted by Crippen LogP contribution is 2.22. The van der Waals surface area contributed by atoms with Gasteiger partial charge in [-0.15, -0.1) is 0 Å². The molecular weight excluding hydrogens is 269 g/mol. The summed E-state index contributed by atoms with van der Waals surface area (Å²) in [5, 5.41) is 4.50. The van der Waals surface area contributed by atoms with Gasteiger partial charge in [-0.25, -0.2) is 4.39 Å². The number of halogens is 2. The Hall–Kier alpha value is -0.250. The van der Waals surface area contributed by atoms with Crippen molar-refractivity contribution >= 4 is 23.4 Å². The molecule has 1 aromatic rings. The van der Waals surface area contributed by atoms with E-state index >= 15 is 0 Å². The second kappa shape index (κ2) is 8.03. The zero-order valence-corrected chi connectivity index (χ0v) is 12.7. The van der Waals surface area contributed by atoms with Gasteiger partial charge in [-0.2, -0.15) is 11.8 Å². The maximum Gasteiger partial charge on any atom is 0.127 e. The number of nitrogens with one attached hydrogen (secondary N) is 1. The van der Waals surface area contributed by atoms with E-state index in [-0.39, 0.29) is 11.9 Å². The average Bonchev–Trinajstić information content (AvgIpc) is 2.30. The molecule has 0 heterocycles. The van der Waals surface area contributed by atoms with Crippen LogP contribution in [0.25, 0.3) is 0 Å². The van der Waals surface area contributed by atoms with Crippen LogP contribution in [0, 0.1) is 5.82 Å². The molecule has 1 N–H and O–H groups in total. The minimum Gasteiger partial charge on any atom is -0.313 e. The maximum atomic E-state index is 13.7. The quantitative estimate of drug-likeness (QED) is 0.809. The van der Waals surface area contributed by atoms with Crippen LogP contribution < -0.4 is 5.32 Å². The lowest BCUT2D eigenvalue weighted by Crippen LogP contribution is -2.34. The largest absolute Gasteiger partial charge is 0.313 e. The Bertz CT molecular complexity index is 351. The molecule has 0 fully saturated rings. The molecule has 0 saturated heterocycles. The third kappa shape index (κ3) is 5.17. The van der Waals surface area contributed by atoms with Crippen molar-refractivity contribution in [2.24, 2.45) is 0 Å². The van der Waals surface area contributed by atoms with Crippen LogP contribution in [0.3, 0.4) is 0 Å². The van der Waals surface area contributed by atoms with E-state index in [1.807, 2.05) is 11.8 Å². The van der Waals surface area contributed by atoms with Crippen LogP contribution in [0.4, 0.5) is 4.39 Å². The van der Waals surface area contributed by atoms with Crippen molar-refractivity contribution in [2.45, 2.75) is 38.5 Å². The van der Waals surface area contributed by atoms with Gasteiger partial charge in [0.1, 0.15) is 5.82 Å². The summed E-state index contributed by atoms with van der Waals surface area (Å²) >= 11 is 7.94. The van der Waals surface area contributed by atoms with E-state index in [1.165, 1.54) is 6.07 Å². The van der Waals surface area contributed by atoms with Gasteiger partial charge in [0.15, 0.2) is 0 Å². The Morgan fingerprint density at radius 2 is 2.11 bits per heavy atom. The summed E-state index contributed by atoms with van der Waals surface area (Å²) in [7, 11) is 0. The van der Waals surface area contributed by atoms with Crippen molar-refractivity contribution in [3.8, 4) is 0 Å². The normalized spacial score (nSPS) is 13.0. The van der Waals surface area contributed by atoms with Crippen LogP contribution in [-0.2, 0) is 6.42 Å². The molecule has 0 saturated carbocycles. The lowest BCUT2D eigenvalue weighted by Gasteiger charge is -2.19. The summed E-state index contributed by atoms with van der Waals surface area (Å²) in [6.07, 6.45) is 0.638. The van der Waals surface area contributed by atoms with Gasteiger partial charge < -0.3 is 5.32 Å². The number of benzene rings is 1. The monoisotopic (exact) mass is 289 g/mol. The zero-order chi connectivity index (χ0) is 13.5. The van der Waals surface area contributed by atoms with E-state index in [4.69, 9.17) is 11.6 Å². The Kier molecular flexibility index (Phi) is 7.05. The first-order chi connectivity index (χ1) is 8.54. The second-order valence-corrected chi connectivity index (χ2v) is 6.56. The minimum atomic E-state index is -0.208. The van der Waals surface area contributed by atoms with Gasteiger partial charge in [0.25, 0.3) is 0 Å². The molecule has 1 aromatic carbocycles. The van der Waals surface area contributed by atoms with E-state index in [0.29, 0.717) is 22.3 Å². The highest BCUT2D eigenvalue weighted by molar-refractivity contribution is 7.99. The van der Waals surface area contributed by atoms with Gasteiger partial charge in [-0.1, -0.05) is 38.4 Å². The summed E-state index contributed by atoms with van der Waals surface area (Å²) in [4.78, 5) is 0. The van der Waals surface area contributed by atoms with Crippen molar-refractivity contribution in [1.82, 2.24) is 5.32 Å². The SMILES string of the molecule is CCNC(CSC(C)C)Cc1c(F)cccc1Cl. The van der Waals surface area contributed by atoms with Gasteiger partial charge in [-0.3, -0.25) is 0 Å². The van der Waals surface area contributed by atoms with E-state index in [2.05, 4.69) is 26.1 Å². The lowest BCUT2D eigenvalue weighted by molar-refractivity contribution is 0.545. The Balaban J connectivity index is 2.70. The number of rotatable bonds is 7. The standard InChI is InChI=1S/C14H21ClFNS/c1-4-17-11(9-18-10(2)3)8-12-13(15)6-5-7-14(12)16/h5-7,10-11,17H,4,8-9H2,1-3H3. The molecule has 0 spiro atoms. The third-order valence-corrected chi connectivity index (χ3v) is 4.25. The van der Waals surface area contributed by atoms with Gasteiger partial charge in [0, 0.05) is 22.4 Å². The van der Waals surface area contributed by atoms with Crippen LogP contribution in [0.5, 0.6) is 0 Å². The van der Waals surface area contributed by atoms with Crippen LogP contribution in [-0.4, -0.2) is 23.6 Å². The van der Waals surface area contributed by atoms with Crippen molar-refractivity contribution in [3.63, 3.8) is 0 Å². The molecule has 4 heteroatoms. The van der Waals surface area contributed by atoms with Crippen molar-refractivity contribution in [1.29, 1.82) is 0 Å². The number of likely N-dealkylation sites (N-methyl/N-ethyl adjacent to an activating group) is 1. The van der Waals surface area contributed by atoms with E-state index in [1.54, 1.807) is 12.1 Å². The fraction of sp³-hybridized carbons (Fsp3) is 0.571. The van der Waals surface area contributed by atoms with Crippen molar-refractivity contribution in [2.75, 3.05) is 12.3 Å². The molecule has 18 heavy (non-hydrogen) atoms. The predicted octanol–water partition coefficient (Wildman–Crippen LogP) is 4.14. The first kappa shape index (κ1) is 15.8. The van der Waals surface area contributed by atoms with Gasteiger partial charge in [0.05, 0.1) is 0 Å². The topological polar surface area (TPSA) is 12.0 Å².